The number of alkyl halides is 2. The Bertz CT molecular complexity index is 192. The van der Waals surface area contributed by atoms with Crippen molar-refractivity contribution in [1.29, 1.82) is 0 Å². The van der Waals surface area contributed by atoms with Crippen molar-refractivity contribution in [2.75, 3.05) is 0 Å². The standard InChI is InChI=1S/C5H3Br2FO2/c6-2-1-3(7)5(9)10-4(2)8/h1-2,4H. The molecule has 10 heavy (non-hydrogen) atoms. The summed E-state index contributed by atoms with van der Waals surface area (Å²) < 4.78 is 16.9. The Hall–Kier alpha value is 0.1000. The van der Waals surface area contributed by atoms with Gasteiger partial charge >= 0.3 is 5.97 Å². The molecule has 1 aliphatic heterocycles. The largest absolute Gasteiger partial charge is 0.426 e. The third kappa shape index (κ3) is 1.58. The van der Waals surface area contributed by atoms with Gasteiger partial charge in [0.25, 0.3) is 6.36 Å². The number of esters is 1. The van der Waals surface area contributed by atoms with Gasteiger partial charge in [-0.25, -0.2) is 9.18 Å². The first-order chi connectivity index (χ1) is 4.61. The van der Waals surface area contributed by atoms with Crippen LogP contribution in [0.3, 0.4) is 0 Å². The van der Waals surface area contributed by atoms with Crippen molar-refractivity contribution in [1.82, 2.24) is 0 Å². The minimum Gasteiger partial charge on any atom is -0.426 e. The molecule has 0 saturated carbocycles. The van der Waals surface area contributed by atoms with Crippen molar-refractivity contribution in [2.24, 2.45) is 0 Å². The second kappa shape index (κ2) is 3.00. The summed E-state index contributed by atoms with van der Waals surface area (Å²) in [4.78, 5) is 10.0. The van der Waals surface area contributed by atoms with E-state index in [9.17, 15) is 9.18 Å². The molecule has 0 N–H and O–H groups in total. The predicted octanol–water partition coefficient (Wildman–Crippen LogP) is 1.88. The summed E-state index contributed by atoms with van der Waals surface area (Å²) in [5.41, 5.74) is 0. The molecule has 1 rings (SSSR count). The Labute approximate surface area is 73.7 Å². The van der Waals surface area contributed by atoms with Gasteiger partial charge in [0.15, 0.2) is 0 Å². The molecular formula is C5H3Br2FO2. The Balaban J connectivity index is 2.79. The van der Waals surface area contributed by atoms with E-state index in [-0.39, 0.29) is 4.48 Å². The summed E-state index contributed by atoms with van der Waals surface area (Å²) >= 11 is 5.87. The van der Waals surface area contributed by atoms with Crippen molar-refractivity contribution in [3.8, 4) is 0 Å². The van der Waals surface area contributed by atoms with E-state index in [1.807, 2.05) is 0 Å². The van der Waals surface area contributed by atoms with Crippen molar-refractivity contribution in [3.63, 3.8) is 0 Å². The lowest BCUT2D eigenvalue weighted by Gasteiger charge is -2.17. The Kier molecular flexibility index (Phi) is 2.46. The van der Waals surface area contributed by atoms with E-state index in [0.29, 0.717) is 0 Å². The first-order valence-electron chi connectivity index (χ1n) is 2.47. The summed E-state index contributed by atoms with van der Waals surface area (Å²) in [7, 11) is 0. The lowest BCUT2D eigenvalue weighted by molar-refractivity contribution is -0.152. The van der Waals surface area contributed by atoms with Crippen LogP contribution >= 0.6 is 31.9 Å². The molecule has 2 nitrogen and oxygen atoms in total. The van der Waals surface area contributed by atoms with Crippen LogP contribution in [-0.2, 0) is 9.53 Å². The number of rotatable bonds is 0. The maximum absolute atomic E-state index is 12.4. The van der Waals surface area contributed by atoms with Crippen molar-refractivity contribution in [2.45, 2.75) is 11.2 Å². The molecule has 0 aromatic heterocycles. The molecule has 5 heteroatoms. The van der Waals surface area contributed by atoms with Crippen molar-refractivity contribution >= 4 is 37.8 Å². The monoisotopic (exact) mass is 272 g/mol. The Morgan fingerprint density at radius 3 is 2.80 bits per heavy atom. The van der Waals surface area contributed by atoms with Crippen LogP contribution in [0.15, 0.2) is 10.6 Å². The molecule has 0 spiro atoms. The van der Waals surface area contributed by atoms with Crippen LogP contribution < -0.4 is 0 Å². The highest BCUT2D eigenvalue weighted by Crippen LogP contribution is 2.24. The van der Waals surface area contributed by atoms with Crippen molar-refractivity contribution in [3.05, 3.63) is 10.6 Å². The average Bonchev–Trinajstić information content (AvgIpc) is 1.84. The van der Waals surface area contributed by atoms with Gasteiger partial charge < -0.3 is 4.74 Å². The summed E-state index contributed by atoms with van der Waals surface area (Å²) in [6.45, 7) is 0. The number of carbonyl (C=O) groups is 1. The summed E-state index contributed by atoms with van der Waals surface area (Å²) in [5, 5.41) is 0. The van der Waals surface area contributed by atoms with Crippen LogP contribution in [-0.4, -0.2) is 17.2 Å². The zero-order valence-corrected chi connectivity index (χ0v) is 7.85. The van der Waals surface area contributed by atoms with Gasteiger partial charge in [0, 0.05) is 0 Å². The fourth-order valence-electron chi connectivity index (χ4n) is 0.507. The van der Waals surface area contributed by atoms with Gasteiger partial charge in [0.05, 0.1) is 0 Å². The quantitative estimate of drug-likeness (QED) is 0.498. The first kappa shape index (κ1) is 8.20. The molecule has 56 valence electrons. The van der Waals surface area contributed by atoms with Gasteiger partial charge in [-0.1, -0.05) is 15.9 Å². The van der Waals surface area contributed by atoms with Crippen LogP contribution in [0.5, 0.6) is 0 Å². The topological polar surface area (TPSA) is 26.3 Å². The van der Waals surface area contributed by atoms with E-state index in [2.05, 4.69) is 36.6 Å². The summed E-state index contributed by atoms with van der Waals surface area (Å²) in [6, 6.07) is 0. The van der Waals surface area contributed by atoms with E-state index in [4.69, 9.17) is 0 Å². The van der Waals surface area contributed by atoms with Gasteiger partial charge in [-0.3, -0.25) is 0 Å². The third-order valence-electron chi connectivity index (χ3n) is 0.971. The number of hydrogen-bond acceptors (Lipinski definition) is 2. The average molecular weight is 274 g/mol. The molecule has 0 amide bonds. The van der Waals surface area contributed by atoms with Gasteiger partial charge in [-0.2, -0.15) is 0 Å². The number of halogens is 3. The molecule has 0 aromatic rings. The third-order valence-corrected chi connectivity index (χ3v) is 2.24. The first-order valence-corrected chi connectivity index (χ1v) is 4.18. The fraction of sp³-hybridized carbons (Fsp3) is 0.400. The van der Waals surface area contributed by atoms with Crippen LogP contribution in [0.4, 0.5) is 4.39 Å². The van der Waals surface area contributed by atoms with Gasteiger partial charge in [0.1, 0.15) is 9.31 Å². The normalized spacial score (nSPS) is 33.1. The van der Waals surface area contributed by atoms with E-state index < -0.39 is 17.2 Å². The molecule has 0 aromatic carbocycles. The van der Waals surface area contributed by atoms with E-state index in [1.54, 1.807) is 0 Å². The molecule has 0 aliphatic carbocycles. The molecular weight excluding hydrogens is 271 g/mol. The lowest BCUT2D eigenvalue weighted by atomic mass is 10.3. The summed E-state index contributed by atoms with van der Waals surface area (Å²) in [5.74, 6) is -0.664. The molecule has 0 bridgehead atoms. The SMILES string of the molecule is O=C1OC(F)C(Br)C=C1Br. The summed E-state index contributed by atoms with van der Waals surface area (Å²) in [6.07, 6.45) is -0.162. The number of hydrogen-bond donors (Lipinski definition) is 0. The minimum atomic E-state index is -1.58. The van der Waals surface area contributed by atoms with Crippen LogP contribution in [0, 0.1) is 0 Å². The number of ether oxygens (including phenoxy) is 1. The van der Waals surface area contributed by atoms with E-state index >= 15 is 0 Å². The van der Waals surface area contributed by atoms with Crippen LogP contribution in [0.25, 0.3) is 0 Å². The zero-order chi connectivity index (χ0) is 7.72. The molecule has 0 fully saturated rings. The number of cyclic esters (lactones) is 1. The molecule has 0 radical (unpaired) electrons. The maximum atomic E-state index is 12.4. The smallest absolute Gasteiger partial charge is 0.347 e. The molecule has 2 atom stereocenters. The molecule has 2 unspecified atom stereocenters. The fourth-order valence-corrected chi connectivity index (χ4v) is 1.61. The highest BCUT2D eigenvalue weighted by molar-refractivity contribution is 9.12. The second-order valence-electron chi connectivity index (χ2n) is 1.72. The predicted molar refractivity (Wildman–Crippen MR) is 40.7 cm³/mol. The van der Waals surface area contributed by atoms with Crippen LogP contribution in [0.2, 0.25) is 0 Å². The highest BCUT2D eigenvalue weighted by atomic mass is 79.9. The zero-order valence-electron chi connectivity index (χ0n) is 4.68. The Morgan fingerprint density at radius 1 is 1.70 bits per heavy atom. The van der Waals surface area contributed by atoms with Crippen molar-refractivity contribution < 1.29 is 13.9 Å². The minimum absolute atomic E-state index is 0.253. The molecule has 0 saturated heterocycles. The molecule has 1 aliphatic rings. The lowest BCUT2D eigenvalue weighted by Crippen LogP contribution is -2.26. The van der Waals surface area contributed by atoms with Gasteiger partial charge in [-0.05, 0) is 22.0 Å². The van der Waals surface area contributed by atoms with Crippen LogP contribution in [0.1, 0.15) is 0 Å². The highest BCUT2D eigenvalue weighted by Gasteiger charge is 2.27. The van der Waals surface area contributed by atoms with E-state index in [0.717, 1.165) is 0 Å². The van der Waals surface area contributed by atoms with E-state index in [1.165, 1.54) is 6.08 Å². The molecule has 1 heterocycles. The maximum Gasteiger partial charge on any atom is 0.347 e. The second-order valence-corrected chi connectivity index (χ2v) is 3.63. The number of carbonyl (C=O) groups excluding carboxylic acids is 1. The van der Waals surface area contributed by atoms with Gasteiger partial charge in [0.2, 0.25) is 0 Å². The van der Waals surface area contributed by atoms with Gasteiger partial charge in [-0.15, -0.1) is 0 Å². The Morgan fingerprint density at radius 2 is 2.30 bits per heavy atom.